The van der Waals surface area contributed by atoms with E-state index < -0.39 is 11.7 Å². The number of aromatic amines is 1. The van der Waals surface area contributed by atoms with Crippen LogP contribution < -0.4 is 5.32 Å². The number of ketones is 1. The monoisotopic (exact) mass is 302 g/mol. The Kier molecular flexibility index (Phi) is 4.22. The van der Waals surface area contributed by atoms with Crippen molar-refractivity contribution in [3.63, 3.8) is 0 Å². The van der Waals surface area contributed by atoms with Crippen LogP contribution in [-0.2, 0) is 4.79 Å². The lowest BCUT2D eigenvalue weighted by atomic mass is 9.89. The van der Waals surface area contributed by atoms with Gasteiger partial charge in [0.2, 0.25) is 0 Å². The number of H-pyrrole nitrogens is 1. The molecule has 0 spiro atoms. The fraction of sp³-hybridized carbons (Fsp3) is 0.412. The van der Waals surface area contributed by atoms with Crippen LogP contribution in [0.3, 0.4) is 0 Å². The summed E-state index contributed by atoms with van der Waals surface area (Å²) in [6.45, 7) is 0.557. The van der Waals surface area contributed by atoms with E-state index in [1.165, 1.54) is 43.7 Å². The number of carbonyl (C=O) groups is 2. The summed E-state index contributed by atoms with van der Waals surface area (Å²) in [7, 11) is 0. The number of fused-ring (bicyclic) bond motifs is 1. The SMILES string of the molecule is O=C(NCC1CCCCC1)C(=O)c1c[nH]c2cc(F)ccc12. The van der Waals surface area contributed by atoms with E-state index in [9.17, 15) is 14.0 Å². The first-order valence-corrected chi connectivity index (χ1v) is 7.74. The van der Waals surface area contributed by atoms with Crippen LogP contribution in [-0.4, -0.2) is 23.2 Å². The van der Waals surface area contributed by atoms with Crippen LogP contribution in [0.5, 0.6) is 0 Å². The molecule has 0 unspecified atom stereocenters. The molecule has 0 aliphatic heterocycles. The van der Waals surface area contributed by atoms with Crippen molar-refractivity contribution in [2.75, 3.05) is 6.54 Å². The van der Waals surface area contributed by atoms with Gasteiger partial charge < -0.3 is 10.3 Å². The van der Waals surface area contributed by atoms with Gasteiger partial charge in [0.1, 0.15) is 5.82 Å². The molecule has 2 aromatic rings. The van der Waals surface area contributed by atoms with Gasteiger partial charge >= 0.3 is 0 Å². The maximum Gasteiger partial charge on any atom is 0.292 e. The highest BCUT2D eigenvalue weighted by molar-refractivity contribution is 6.44. The molecule has 1 aromatic carbocycles. The molecule has 2 N–H and O–H groups in total. The summed E-state index contributed by atoms with van der Waals surface area (Å²) in [5, 5.41) is 3.31. The second-order valence-electron chi connectivity index (χ2n) is 5.94. The number of benzene rings is 1. The number of hydrogen-bond donors (Lipinski definition) is 2. The topological polar surface area (TPSA) is 62.0 Å². The average molecular weight is 302 g/mol. The summed E-state index contributed by atoms with van der Waals surface area (Å²) >= 11 is 0. The number of aromatic nitrogens is 1. The van der Waals surface area contributed by atoms with Crippen molar-refractivity contribution in [2.24, 2.45) is 5.92 Å². The standard InChI is InChI=1S/C17H19FN2O2/c18-12-6-7-13-14(10-19-15(13)8-12)16(21)17(22)20-9-11-4-2-1-3-5-11/h6-8,10-11,19H,1-5,9H2,(H,20,22). The lowest BCUT2D eigenvalue weighted by Crippen LogP contribution is -2.35. The zero-order chi connectivity index (χ0) is 15.5. The van der Waals surface area contributed by atoms with Crippen LogP contribution in [0.25, 0.3) is 10.9 Å². The summed E-state index contributed by atoms with van der Waals surface area (Å²) in [5.74, 6) is -1.07. The van der Waals surface area contributed by atoms with Crippen LogP contribution in [0.4, 0.5) is 4.39 Å². The van der Waals surface area contributed by atoms with Crippen LogP contribution in [0.2, 0.25) is 0 Å². The Labute approximate surface area is 128 Å². The zero-order valence-corrected chi connectivity index (χ0v) is 12.3. The Bertz CT molecular complexity index is 702. The minimum Gasteiger partial charge on any atom is -0.360 e. The highest BCUT2D eigenvalue weighted by atomic mass is 19.1. The molecule has 0 saturated heterocycles. The van der Waals surface area contributed by atoms with Gasteiger partial charge in [-0.2, -0.15) is 0 Å². The molecule has 22 heavy (non-hydrogen) atoms. The Balaban J connectivity index is 1.67. The van der Waals surface area contributed by atoms with E-state index in [-0.39, 0.29) is 11.4 Å². The Morgan fingerprint density at radius 1 is 1.23 bits per heavy atom. The van der Waals surface area contributed by atoms with E-state index in [0.29, 0.717) is 23.4 Å². The van der Waals surface area contributed by atoms with E-state index in [1.54, 1.807) is 0 Å². The molecule has 5 heteroatoms. The van der Waals surface area contributed by atoms with Crippen molar-refractivity contribution >= 4 is 22.6 Å². The summed E-state index contributed by atoms with van der Waals surface area (Å²) < 4.78 is 13.1. The number of Topliss-reactive ketones (excluding diaryl/α,β-unsaturated/α-hetero) is 1. The Hall–Kier alpha value is -2.17. The van der Waals surface area contributed by atoms with Crippen molar-refractivity contribution in [2.45, 2.75) is 32.1 Å². The summed E-state index contributed by atoms with van der Waals surface area (Å²) in [5.41, 5.74) is 0.805. The van der Waals surface area contributed by atoms with Gasteiger partial charge in [-0.1, -0.05) is 19.3 Å². The summed E-state index contributed by atoms with van der Waals surface area (Å²) in [6.07, 6.45) is 7.34. The number of nitrogens with one attached hydrogen (secondary N) is 2. The maximum atomic E-state index is 13.1. The number of amides is 1. The van der Waals surface area contributed by atoms with Crippen molar-refractivity contribution in [1.29, 1.82) is 0 Å². The van der Waals surface area contributed by atoms with Crippen LogP contribution >= 0.6 is 0 Å². The second kappa shape index (κ2) is 6.30. The van der Waals surface area contributed by atoms with Gasteiger partial charge in [0.15, 0.2) is 0 Å². The smallest absolute Gasteiger partial charge is 0.292 e. The number of carbonyl (C=O) groups excluding carboxylic acids is 2. The van der Waals surface area contributed by atoms with Gasteiger partial charge in [-0.15, -0.1) is 0 Å². The van der Waals surface area contributed by atoms with Gasteiger partial charge in [0, 0.05) is 23.6 Å². The molecule has 3 rings (SSSR count). The van der Waals surface area contributed by atoms with Crippen molar-refractivity contribution in [3.8, 4) is 0 Å². The molecule has 1 aromatic heterocycles. The van der Waals surface area contributed by atoms with Gasteiger partial charge in [-0.25, -0.2) is 4.39 Å². The molecule has 1 saturated carbocycles. The Morgan fingerprint density at radius 3 is 2.77 bits per heavy atom. The maximum absolute atomic E-state index is 13.1. The third-order valence-electron chi connectivity index (χ3n) is 4.37. The highest BCUT2D eigenvalue weighted by Gasteiger charge is 2.21. The molecule has 1 fully saturated rings. The minimum atomic E-state index is -0.587. The van der Waals surface area contributed by atoms with Crippen LogP contribution in [0.15, 0.2) is 24.4 Å². The van der Waals surface area contributed by atoms with Crippen molar-refractivity contribution in [1.82, 2.24) is 10.3 Å². The molecule has 4 nitrogen and oxygen atoms in total. The number of halogens is 1. The van der Waals surface area contributed by atoms with Gasteiger partial charge in [-0.3, -0.25) is 9.59 Å². The van der Waals surface area contributed by atoms with E-state index in [1.807, 2.05) is 0 Å². The predicted octanol–water partition coefficient (Wildman–Crippen LogP) is 3.19. The zero-order valence-electron chi connectivity index (χ0n) is 12.3. The van der Waals surface area contributed by atoms with Crippen molar-refractivity contribution < 1.29 is 14.0 Å². The first-order chi connectivity index (χ1) is 10.6. The molecule has 1 amide bonds. The third-order valence-corrected chi connectivity index (χ3v) is 4.37. The largest absolute Gasteiger partial charge is 0.360 e. The fourth-order valence-corrected chi connectivity index (χ4v) is 3.12. The number of rotatable bonds is 4. The summed E-state index contributed by atoms with van der Waals surface area (Å²) in [4.78, 5) is 27.1. The van der Waals surface area contributed by atoms with Gasteiger partial charge in [0.25, 0.3) is 11.7 Å². The first-order valence-electron chi connectivity index (χ1n) is 7.74. The lowest BCUT2D eigenvalue weighted by molar-refractivity contribution is -0.117. The molecule has 0 radical (unpaired) electrons. The van der Waals surface area contributed by atoms with E-state index in [0.717, 1.165) is 12.8 Å². The quantitative estimate of drug-likeness (QED) is 0.673. The van der Waals surface area contributed by atoms with E-state index in [2.05, 4.69) is 10.3 Å². The van der Waals surface area contributed by atoms with Gasteiger partial charge in [-0.05, 0) is 37.0 Å². The normalized spacial score (nSPS) is 15.9. The molecule has 1 heterocycles. The van der Waals surface area contributed by atoms with Crippen molar-refractivity contribution in [3.05, 3.63) is 35.8 Å². The Morgan fingerprint density at radius 2 is 2.00 bits per heavy atom. The highest BCUT2D eigenvalue weighted by Crippen LogP contribution is 2.23. The molecule has 0 atom stereocenters. The van der Waals surface area contributed by atoms with Crippen LogP contribution in [0, 0.1) is 11.7 Å². The summed E-state index contributed by atoms with van der Waals surface area (Å²) in [6, 6.07) is 4.11. The molecular weight excluding hydrogens is 283 g/mol. The van der Waals surface area contributed by atoms with Gasteiger partial charge in [0.05, 0.1) is 5.56 Å². The van der Waals surface area contributed by atoms with Crippen LogP contribution in [0.1, 0.15) is 42.5 Å². The lowest BCUT2D eigenvalue weighted by Gasteiger charge is -2.21. The predicted molar refractivity (Wildman–Crippen MR) is 82.2 cm³/mol. The minimum absolute atomic E-state index is 0.288. The molecule has 116 valence electrons. The molecule has 0 bridgehead atoms. The average Bonchev–Trinajstić information content (AvgIpc) is 2.95. The second-order valence-corrected chi connectivity index (χ2v) is 5.94. The first kappa shape index (κ1) is 14.8. The fourth-order valence-electron chi connectivity index (χ4n) is 3.12. The third kappa shape index (κ3) is 3.03. The molecule has 1 aliphatic carbocycles. The van der Waals surface area contributed by atoms with E-state index in [4.69, 9.17) is 0 Å². The molecule has 1 aliphatic rings. The van der Waals surface area contributed by atoms with E-state index >= 15 is 0 Å². The molecular formula is C17H19FN2O2. The number of hydrogen-bond acceptors (Lipinski definition) is 2.